The Morgan fingerprint density at radius 3 is 2.85 bits per heavy atom. The maximum atomic E-state index is 12.0. The van der Waals surface area contributed by atoms with Gasteiger partial charge in [0.05, 0.1) is 22.8 Å². The van der Waals surface area contributed by atoms with Crippen molar-refractivity contribution < 1.29 is 14.8 Å². The molecule has 0 fully saturated rings. The van der Waals surface area contributed by atoms with Gasteiger partial charge in [-0.25, -0.2) is 4.79 Å². The fourth-order valence-corrected chi connectivity index (χ4v) is 1.70. The lowest BCUT2D eigenvalue weighted by Gasteiger charge is -2.21. The Balaban J connectivity index is 2.92. The van der Waals surface area contributed by atoms with E-state index in [-0.39, 0.29) is 25.4 Å². The second-order valence-corrected chi connectivity index (χ2v) is 4.10. The Morgan fingerprint density at radius 2 is 2.30 bits per heavy atom. The van der Waals surface area contributed by atoms with Gasteiger partial charge in [0, 0.05) is 19.2 Å². The summed E-state index contributed by atoms with van der Waals surface area (Å²) in [7, 11) is 0. The molecule has 0 radical (unpaired) electrons. The fourth-order valence-electron chi connectivity index (χ4n) is 1.70. The van der Waals surface area contributed by atoms with Gasteiger partial charge in [0.15, 0.2) is 0 Å². The molecule has 2 N–H and O–H groups in total. The van der Waals surface area contributed by atoms with Gasteiger partial charge in [0.1, 0.15) is 0 Å². The molecule has 7 heteroatoms. The number of nitro groups is 1. The number of nitrogens with one attached hydrogen (secondary N) is 1. The average Bonchev–Trinajstić information content (AvgIpc) is 2.40. The topological polar surface area (TPSA) is 95.7 Å². The van der Waals surface area contributed by atoms with Gasteiger partial charge >= 0.3 is 6.03 Å². The Bertz CT molecular complexity index is 516. The molecule has 2 amide bonds. The third-order valence-corrected chi connectivity index (χ3v) is 2.75. The van der Waals surface area contributed by atoms with E-state index in [4.69, 9.17) is 5.11 Å². The first-order valence-electron chi connectivity index (χ1n) is 6.03. The van der Waals surface area contributed by atoms with Crippen LogP contribution in [0.2, 0.25) is 0 Å². The van der Waals surface area contributed by atoms with E-state index in [0.29, 0.717) is 11.3 Å². The molecule has 0 aromatic heterocycles. The third kappa shape index (κ3) is 3.79. The number of carbonyl (C=O) groups is 1. The van der Waals surface area contributed by atoms with Crippen molar-refractivity contribution >= 4 is 17.4 Å². The van der Waals surface area contributed by atoms with Crippen molar-refractivity contribution in [3.05, 3.63) is 46.5 Å². The molecule has 0 spiro atoms. The monoisotopic (exact) mass is 279 g/mol. The number of urea groups is 1. The van der Waals surface area contributed by atoms with Gasteiger partial charge in [-0.15, -0.1) is 6.58 Å². The highest BCUT2D eigenvalue weighted by Crippen LogP contribution is 2.25. The number of hydrogen-bond donors (Lipinski definition) is 2. The lowest BCUT2D eigenvalue weighted by atomic mass is 10.1. The molecule has 7 nitrogen and oxygen atoms in total. The van der Waals surface area contributed by atoms with Crippen molar-refractivity contribution in [3.63, 3.8) is 0 Å². The van der Waals surface area contributed by atoms with Crippen molar-refractivity contribution in [1.82, 2.24) is 4.90 Å². The molecule has 0 unspecified atom stereocenters. The molecule has 0 aliphatic carbocycles. The number of amides is 2. The van der Waals surface area contributed by atoms with E-state index in [1.165, 1.54) is 23.1 Å². The van der Waals surface area contributed by atoms with Crippen molar-refractivity contribution in [2.75, 3.05) is 25.0 Å². The molecule has 0 saturated carbocycles. The van der Waals surface area contributed by atoms with Crippen LogP contribution in [-0.4, -0.2) is 40.7 Å². The largest absolute Gasteiger partial charge is 0.395 e. The van der Waals surface area contributed by atoms with Gasteiger partial charge in [0.25, 0.3) is 5.69 Å². The number of benzene rings is 1. The molecule has 0 aliphatic heterocycles. The zero-order valence-corrected chi connectivity index (χ0v) is 11.2. The molecular formula is C13H17N3O4. The van der Waals surface area contributed by atoms with Crippen molar-refractivity contribution in [2.45, 2.75) is 6.92 Å². The number of nitrogens with zero attached hydrogens (tertiary/aromatic N) is 2. The zero-order chi connectivity index (χ0) is 15.1. The molecule has 1 aromatic rings. The van der Waals surface area contributed by atoms with Crippen molar-refractivity contribution in [2.24, 2.45) is 0 Å². The SMILES string of the molecule is C=CCN(CCO)C(=O)Nc1cccc([N+](=O)[O-])c1C. The summed E-state index contributed by atoms with van der Waals surface area (Å²) in [6.45, 7) is 5.37. The molecule has 0 saturated heterocycles. The van der Waals surface area contributed by atoms with Crippen LogP contribution in [0.3, 0.4) is 0 Å². The van der Waals surface area contributed by atoms with Gasteiger partial charge in [-0.05, 0) is 13.0 Å². The first-order chi connectivity index (χ1) is 9.51. The molecule has 20 heavy (non-hydrogen) atoms. The standard InChI is InChI=1S/C13H17N3O4/c1-3-7-15(8-9-17)13(18)14-11-5-4-6-12(10(11)2)16(19)20/h3-6,17H,1,7-9H2,2H3,(H,14,18). The van der Waals surface area contributed by atoms with E-state index in [1.807, 2.05) is 0 Å². The number of aliphatic hydroxyl groups excluding tert-OH is 1. The number of anilines is 1. The predicted molar refractivity (Wildman–Crippen MR) is 75.7 cm³/mol. The molecule has 1 aromatic carbocycles. The molecular weight excluding hydrogens is 262 g/mol. The van der Waals surface area contributed by atoms with Gasteiger partial charge in [-0.1, -0.05) is 12.1 Å². The fraction of sp³-hybridized carbons (Fsp3) is 0.308. The number of aliphatic hydroxyl groups is 1. The highest BCUT2D eigenvalue weighted by Gasteiger charge is 2.17. The Kier molecular flexibility index (Phi) is 5.67. The van der Waals surface area contributed by atoms with Crippen LogP contribution >= 0.6 is 0 Å². The Morgan fingerprint density at radius 1 is 1.60 bits per heavy atom. The summed E-state index contributed by atoms with van der Waals surface area (Å²) in [4.78, 5) is 23.7. The first kappa shape index (κ1) is 15.6. The lowest BCUT2D eigenvalue weighted by Crippen LogP contribution is -2.37. The van der Waals surface area contributed by atoms with E-state index in [1.54, 1.807) is 13.0 Å². The number of carbonyl (C=O) groups excluding carboxylic acids is 1. The minimum Gasteiger partial charge on any atom is -0.395 e. The minimum absolute atomic E-state index is 0.0553. The number of hydrogen-bond acceptors (Lipinski definition) is 4. The first-order valence-corrected chi connectivity index (χ1v) is 6.03. The summed E-state index contributed by atoms with van der Waals surface area (Å²) < 4.78 is 0. The van der Waals surface area contributed by atoms with E-state index >= 15 is 0 Å². The van der Waals surface area contributed by atoms with Crippen molar-refractivity contribution in [1.29, 1.82) is 0 Å². The quantitative estimate of drug-likeness (QED) is 0.472. The van der Waals surface area contributed by atoms with Crippen LogP contribution in [0.1, 0.15) is 5.56 Å². The Labute approximate surface area is 116 Å². The highest BCUT2D eigenvalue weighted by atomic mass is 16.6. The summed E-state index contributed by atoms with van der Waals surface area (Å²) in [5.74, 6) is 0. The average molecular weight is 279 g/mol. The number of nitro benzene ring substituents is 1. The van der Waals surface area contributed by atoms with E-state index in [0.717, 1.165) is 0 Å². The summed E-state index contributed by atoms with van der Waals surface area (Å²) >= 11 is 0. The summed E-state index contributed by atoms with van der Waals surface area (Å²) in [6.07, 6.45) is 1.54. The van der Waals surface area contributed by atoms with Crippen LogP contribution in [0.15, 0.2) is 30.9 Å². The maximum absolute atomic E-state index is 12.0. The van der Waals surface area contributed by atoms with Gasteiger partial charge < -0.3 is 15.3 Å². The van der Waals surface area contributed by atoms with E-state index in [2.05, 4.69) is 11.9 Å². The summed E-state index contributed by atoms with van der Waals surface area (Å²) in [6, 6.07) is 4.03. The molecule has 1 rings (SSSR count). The lowest BCUT2D eigenvalue weighted by molar-refractivity contribution is -0.385. The van der Waals surface area contributed by atoms with E-state index in [9.17, 15) is 14.9 Å². The van der Waals surface area contributed by atoms with E-state index < -0.39 is 11.0 Å². The second-order valence-electron chi connectivity index (χ2n) is 4.10. The summed E-state index contributed by atoms with van der Waals surface area (Å²) in [5, 5.41) is 22.3. The Hall–Kier alpha value is -2.41. The second kappa shape index (κ2) is 7.25. The molecule has 0 heterocycles. The zero-order valence-electron chi connectivity index (χ0n) is 11.2. The molecule has 108 valence electrons. The van der Waals surface area contributed by atoms with Crippen LogP contribution in [0.5, 0.6) is 0 Å². The van der Waals surface area contributed by atoms with Gasteiger partial charge in [0.2, 0.25) is 0 Å². The number of rotatable bonds is 6. The molecule has 0 bridgehead atoms. The van der Waals surface area contributed by atoms with Crippen LogP contribution in [0.4, 0.5) is 16.2 Å². The third-order valence-electron chi connectivity index (χ3n) is 2.75. The molecule has 0 atom stereocenters. The van der Waals surface area contributed by atoms with Crippen LogP contribution in [0, 0.1) is 17.0 Å². The van der Waals surface area contributed by atoms with Gasteiger partial charge in [-0.3, -0.25) is 10.1 Å². The molecule has 0 aliphatic rings. The van der Waals surface area contributed by atoms with Gasteiger partial charge in [-0.2, -0.15) is 0 Å². The highest BCUT2D eigenvalue weighted by molar-refractivity contribution is 5.90. The van der Waals surface area contributed by atoms with Crippen LogP contribution in [-0.2, 0) is 0 Å². The predicted octanol–water partition coefficient (Wildman–Crippen LogP) is 1.92. The normalized spacial score (nSPS) is 9.90. The van der Waals surface area contributed by atoms with Crippen molar-refractivity contribution in [3.8, 4) is 0 Å². The van der Waals surface area contributed by atoms with Crippen LogP contribution < -0.4 is 5.32 Å². The van der Waals surface area contributed by atoms with Crippen LogP contribution in [0.25, 0.3) is 0 Å². The maximum Gasteiger partial charge on any atom is 0.322 e. The smallest absolute Gasteiger partial charge is 0.322 e. The summed E-state index contributed by atoms with van der Waals surface area (Å²) in [5.41, 5.74) is 0.699. The minimum atomic E-state index is -0.500.